The summed E-state index contributed by atoms with van der Waals surface area (Å²) in [6, 6.07) is 1.98. The van der Waals surface area contributed by atoms with E-state index in [0.717, 1.165) is 29.7 Å². The van der Waals surface area contributed by atoms with Crippen molar-refractivity contribution in [2.45, 2.75) is 50.7 Å². The molecule has 5 heteroatoms. The second-order valence-electron chi connectivity index (χ2n) is 6.57. The molecule has 2 aliphatic heterocycles. The first-order valence-electron chi connectivity index (χ1n) is 7.67. The Morgan fingerprint density at radius 2 is 2.29 bits per heavy atom. The second-order valence-corrected chi connectivity index (χ2v) is 7.49. The molecule has 1 spiro atoms. The SMILES string of the molecule is CCCCC1(O)COC2(CN(C(=O)c3sccc3C)C2)C1. The summed E-state index contributed by atoms with van der Waals surface area (Å²) in [5, 5.41) is 12.5. The summed E-state index contributed by atoms with van der Waals surface area (Å²) in [6.45, 7) is 5.72. The Bertz CT molecular complexity index is 535. The zero-order valence-electron chi connectivity index (χ0n) is 12.7. The Balaban J connectivity index is 1.59. The lowest BCUT2D eigenvalue weighted by Gasteiger charge is -2.47. The molecule has 0 saturated carbocycles. The lowest BCUT2D eigenvalue weighted by molar-refractivity contribution is -0.0955. The fourth-order valence-electron chi connectivity index (χ4n) is 3.39. The molecule has 0 aromatic carbocycles. The molecule has 3 rings (SSSR count). The molecule has 1 unspecified atom stereocenters. The largest absolute Gasteiger partial charge is 0.387 e. The Hall–Kier alpha value is -0.910. The lowest BCUT2D eigenvalue weighted by atomic mass is 9.82. The van der Waals surface area contributed by atoms with Crippen molar-refractivity contribution in [3.63, 3.8) is 0 Å². The van der Waals surface area contributed by atoms with Crippen LogP contribution in [-0.2, 0) is 4.74 Å². The summed E-state index contributed by atoms with van der Waals surface area (Å²) in [5.74, 6) is 0.0979. The van der Waals surface area contributed by atoms with Crippen LogP contribution in [0.4, 0.5) is 0 Å². The third kappa shape index (κ3) is 2.74. The van der Waals surface area contributed by atoms with E-state index in [0.29, 0.717) is 26.1 Å². The number of aliphatic hydroxyl groups is 1. The Labute approximate surface area is 129 Å². The average molecular weight is 309 g/mol. The van der Waals surface area contributed by atoms with Gasteiger partial charge >= 0.3 is 0 Å². The Kier molecular flexibility index (Phi) is 3.84. The van der Waals surface area contributed by atoms with Crippen LogP contribution in [0.1, 0.15) is 47.8 Å². The van der Waals surface area contributed by atoms with E-state index in [2.05, 4.69) is 6.92 Å². The number of amides is 1. The number of carbonyl (C=O) groups excluding carboxylic acids is 1. The van der Waals surface area contributed by atoms with Gasteiger partial charge < -0.3 is 14.7 Å². The highest BCUT2D eigenvalue weighted by molar-refractivity contribution is 7.12. The minimum absolute atomic E-state index is 0.0979. The zero-order chi connectivity index (χ0) is 15.1. The van der Waals surface area contributed by atoms with E-state index >= 15 is 0 Å². The maximum absolute atomic E-state index is 12.4. The molecule has 2 fully saturated rings. The molecule has 4 nitrogen and oxygen atoms in total. The van der Waals surface area contributed by atoms with Crippen LogP contribution in [0.25, 0.3) is 0 Å². The van der Waals surface area contributed by atoms with E-state index in [1.54, 1.807) is 0 Å². The van der Waals surface area contributed by atoms with Crippen molar-refractivity contribution in [2.24, 2.45) is 0 Å². The summed E-state index contributed by atoms with van der Waals surface area (Å²) in [5.41, 5.74) is 0.0468. The molecular formula is C16H23NO3S. The van der Waals surface area contributed by atoms with Crippen molar-refractivity contribution < 1.29 is 14.6 Å². The van der Waals surface area contributed by atoms with Crippen molar-refractivity contribution in [1.29, 1.82) is 0 Å². The van der Waals surface area contributed by atoms with Gasteiger partial charge in [-0.15, -0.1) is 11.3 Å². The molecule has 2 saturated heterocycles. The minimum Gasteiger partial charge on any atom is -0.387 e. The standard InChI is InChI=1S/C16H23NO3S/c1-3-4-6-15(19)8-16(20-11-15)9-17(10-16)14(18)13-12(2)5-7-21-13/h5,7,19H,3-4,6,8-11H2,1-2H3. The van der Waals surface area contributed by atoms with Crippen molar-refractivity contribution in [1.82, 2.24) is 4.90 Å². The fourth-order valence-corrected chi connectivity index (χ4v) is 4.28. The van der Waals surface area contributed by atoms with Gasteiger partial charge in [0, 0.05) is 6.42 Å². The summed E-state index contributed by atoms with van der Waals surface area (Å²) in [6.07, 6.45) is 3.56. The molecule has 0 bridgehead atoms. The molecule has 1 aromatic heterocycles. The van der Waals surface area contributed by atoms with Crippen molar-refractivity contribution in [3.05, 3.63) is 21.9 Å². The number of hydrogen-bond donors (Lipinski definition) is 1. The number of aryl methyl sites for hydroxylation is 1. The van der Waals surface area contributed by atoms with E-state index in [-0.39, 0.29) is 11.5 Å². The highest BCUT2D eigenvalue weighted by Gasteiger charge is 2.56. The van der Waals surface area contributed by atoms with Gasteiger partial charge in [-0.3, -0.25) is 4.79 Å². The molecule has 1 aromatic rings. The number of hydrogen-bond acceptors (Lipinski definition) is 4. The zero-order valence-corrected chi connectivity index (χ0v) is 13.5. The minimum atomic E-state index is -0.690. The molecular weight excluding hydrogens is 286 g/mol. The van der Waals surface area contributed by atoms with Crippen molar-refractivity contribution >= 4 is 17.2 Å². The number of rotatable bonds is 4. The van der Waals surface area contributed by atoms with E-state index in [4.69, 9.17) is 4.74 Å². The van der Waals surface area contributed by atoms with Crippen LogP contribution in [0.3, 0.4) is 0 Å². The van der Waals surface area contributed by atoms with Gasteiger partial charge in [-0.25, -0.2) is 0 Å². The molecule has 1 N–H and O–H groups in total. The van der Waals surface area contributed by atoms with Gasteiger partial charge in [0.15, 0.2) is 0 Å². The highest BCUT2D eigenvalue weighted by atomic mass is 32.1. The van der Waals surface area contributed by atoms with Crippen LogP contribution < -0.4 is 0 Å². The van der Waals surface area contributed by atoms with Crippen LogP contribution in [0.15, 0.2) is 11.4 Å². The van der Waals surface area contributed by atoms with E-state index < -0.39 is 5.60 Å². The topological polar surface area (TPSA) is 49.8 Å². The maximum atomic E-state index is 12.4. The molecule has 21 heavy (non-hydrogen) atoms. The molecule has 0 radical (unpaired) electrons. The second kappa shape index (κ2) is 5.38. The average Bonchev–Trinajstić information content (AvgIpc) is 2.99. The van der Waals surface area contributed by atoms with Gasteiger partial charge in [0.05, 0.1) is 30.2 Å². The Morgan fingerprint density at radius 1 is 1.52 bits per heavy atom. The summed E-state index contributed by atoms with van der Waals surface area (Å²) >= 11 is 1.50. The van der Waals surface area contributed by atoms with Crippen molar-refractivity contribution in [2.75, 3.05) is 19.7 Å². The molecule has 1 atom stereocenters. The first kappa shape index (κ1) is 15.0. The van der Waals surface area contributed by atoms with Gasteiger partial charge in [0.25, 0.3) is 5.91 Å². The molecule has 1 amide bonds. The smallest absolute Gasteiger partial charge is 0.264 e. The molecule has 3 heterocycles. The highest BCUT2D eigenvalue weighted by Crippen LogP contribution is 2.42. The number of nitrogens with zero attached hydrogens (tertiary/aromatic N) is 1. The van der Waals surface area contributed by atoms with Gasteiger partial charge in [-0.1, -0.05) is 19.8 Å². The van der Waals surface area contributed by atoms with E-state index in [1.807, 2.05) is 23.3 Å². The number of ether oxygens (including phenoxy) is 1. The number of likely N-dealkylation sites (tertiary alicyclic amines) is 1. The molecule has 116 valence electrons. The van der Waals surface area contributed by atoms with E-state index in [1.165, 1.54) is 11.3 Å². The van der Waals surface area contributed by atoms with Gasteiger partial charge in [0.2, 0.25) is 0 Å². The molecule has 0 aliphatic carbocycles. The molecule has 2 aliphatic rings. The number of carbonyl (C=O) groups is 1. The van der Waals surface area contributed by atoms with Crippen LogP contribution in [-0.4, -0.2) is 46.8 Å². The van der Waals surface area contributed by atoms with Gasteiger partial charge in [-0.2, -0.15) is 0 Å². The third-order valence-electron chi connectivity index (χ3n) is 4.60. The maximum Gasteiger partial charge on any atom is 0.264 e. The van der Waals surface area contributed by atoms with Gasteiger partial charge in [-0.05, 0) is 30.4 Å². The summed E-state index contributed by atoms with van der Waals surface area (Å²) < 4.78 is 5.88. The van der Waals surface area contributed by atoms with Gasteiger partial charge in [0.1, 0.15) is 5.60 Å². The van der Waals surface area contributed by atoms with Crippen LogP contribution in [0.2, 0.25) is 0 Å². The van der Waals surface area contributed by atoms with Crippen LogP contribution >= 0.6 is 11.3 Å². The normalized spacial score (nSPS) is 27.1. The fraction of sp³-hybridized carbons (Fsp3) is 0.688. The predicted octanol–water partition coefficient (Wildman–Crippen LogP) is 2.59. The first-order valence-corrected chi connectivity index (χ1v) is 8.55. The Morgan fingerprint density at radius 3 is 2.90 bits per heavy atom. The van der Waals surface area contributed by atoms with Crippen molar-refractivity contribution in [3.8, 4) is 0 Å². The summed E-state index contributed by atoms with van der Waals surface area (Å²) in [4.78, 5) is 15.1. The lowest BCUT2D eigenvalue weighted by Crippen LogP contribution is -2.63. The van der Waals surface area contributed by atoms with Crippen LogP contribution in [0, 0.1) is 6.92 Å². The quantitative estimate of drug-likeness (QED) is 0.930. The van der Waals surface area contributed by atoms with E-state index in [9.17, 15) is 9.90 Å². The third-order valence-corrected chi connectivity index (χ3v) is 5.60. The predicted molar refractivity (Wildman–Crippen MR) is 82.7 cm³/mol. The van der Waals surface area contributed by atoms with Crippen LogP contribution in [0.5, 0.6) is 0 Å². The number of thiophene rings is 1. The monoisotopic (exact) mass is 309 g/mol. The first-order chi connectivity index (χ1) is 9.97. The summed E-state index contributed by atoms with van der Waals surface area (Å²) in [7, 11) is 0. The number of unbranched alkanes of at least 4 members (excludes halogenated alkanes) is 1.